The van der Waals surface area contributed by atoms with Gasteiger partial charge in [-0.25, -0.2) is 4.39 Å². The molecule has 26 heavy (non-hydrogen) atoms. The zero-order valence-electron chi connectivity index (χ0n) is 15.4. The lowest BCUT2D eigenvalue weighted by Crippen LogP contribution is -2.52. The van der Waals surface area contributed by atoms with Gasteiger partial charge in [0, 0.05) is 51.9 Å². The number of piperazine rings is 1. The van der Waals surface area contributed by atoms with E-state index >= 15 is 0 Å². The van der Waals surface area contributed by atoms with Crippen LogP contribution in [0.25, 0.3) is 0 Å². The van der Waals surface area contributed by atoms with Crippen LogP contribution >= 0.6 is 24.0 Å². The molecule has 1 saturated heterocycles. The number of benzene rings is 1. The Bertz CT molecular complexity index is 575. The molecule has 146 valence electrons. The minimum atomic E-state index is -0.213. The van der Waals surface area contributed by atoms with Crippen LogP contribution in [-0.4, -0.2) is 63.2 Å². The number of hydrogen-bond acceptors (Lipinski definition) is 4. The van der Waals surface area contributed by atoms with E-state index in [4.69, 9.17) is 4.74 Å². The molecular formula is C18H28FIN4O2. The molecule has 0 aliphatic carbocycles. The summed E-state index contributed by atoms with van der Waals surface area (Å²) in [6.45, 7) is 6.31. The normalized spacial score (nSPS) is 14.7. The smallest absolute Gasteiger partial charge is 0.305 e. The number of ether oxygens (including phenoxy) is 1. The van der Waals surface area contributed by atoms with Gasteiger partial charge in [-0.2, -0.15) is 0 Å². The average Bonchev–Trinajstić information content (AvgIpc) is 2.63. The fourth-order valence-electron chi connectivity index (χ4n) is 2.83. The number of esters is 1. The minimum Gasteiger partial charge on any atom is -0.466 e. The van der Waals surface area contributed by atoms with E-state index in [-0.39, 0.29) is 35.8 Å². The molecule has 2 rings (SSSR count). The van der Waals surface area contributed by atoms with Crippen molar-refractivity contribution in [3.8, 4) is 0 Å². The molecule has 1 aromatic rings. The number of hydrogen-bond donors (Lipinski definition) is 1. The number of anilines is 1. The van der Waals surface area contributed by atoms with E-state index in [0.29, 0.717) is 26.0 Å². The third kappa shape index (κ3) is 6.97. The molecule has 1 aliphatic rings. The standard InChI is InChI=1S/C18H27FN4O2.HI/c1-3-25-17(24)5-4-10-21-18(20-2)23-13-11-22(12-14-23)16-8-6-15(19)7-9-16;/h6-9H,3-5,10-14H2,1-2H3,(H,20,21);1H. The van der Waals surface area contributed by atoms with E-state index in [1.807, 2.05) is 19.1 Å². The van der Waals surface area contributed by atoms with E-state index in [1.165, 1.54) is 12.1 Å². The Kier molecular flexibility index (Phi) is 10.3. The zero-order valence-corrected chi connectivity index (χ0v) is 17.7. The second kappa shape index (κ2) is 11.9. The fourth-order valence-corrected chi connectivity index (χ4v) is 2.83. The van der Waals surface area contributed by atoms with E-state index in [2.05, 4.69) is 20.1 Å². The number of guanidine groups is 1. The first-order valence-corrected chi connectivity index (χ1v) is 8.75. The van der Waals surface area contributed by atoms with Crippen molar-refractivity contribution in [2.24, 2.45) is 4.99 Å². The number of aliphatic imine (C=N–C) groups is 1. The average molecular weight is 478 g/mol. The summed E-state index contributed by atoms with van der Waals surface area (Å²) in [6.07, 6.45) is 1.13. The lowest BCUT2D eigenvalue weighted by Gasteiger charge is -2.37. The molecule has 0 amide bonds. The Morgan fingerprint density at radius 3 is 2.46 bits per heavy atom. The monoisotopic (exact) mass is 478 g/mol. The molecule has 1 aliphatic heterocycles. The molecule has 0 bridgehead atoms. The van der Waals surface area contributed by atoms with Crippen LogP contribution in [0.3, 0.4) is 0 Å². The van der Waals surface area contributed by atoms with Gasteiger partial charge in [-0.15, -0.1) is 24.0 Å². The van der Waals surface area contributed by atoms with Crippen molar-refractivity contribution in [1.82, 2.24) is 10.2 Å². The highest BCUT2D eigenvalue weighted by molar-refractivity contribution is 14.0. The zero-order chi connectivity index (χ0) is 18.1. The summed E-state index contributed by atoms with van der Waals surface area (Å²) in [5.74, 6) is 0.477. The van der Waals surface area contributed by atoms with Crippen LogP contribution in [0.2, 0.25) is 0 Å². The second-order valence-corrected chi connectivity index (χ2v) is 5.83. The Labute approximate surface area is 171 Å². The molecule has 1 aromatic carbocycles. The summed E-state index contributed by atoms with van der Waals surface area (Å²) in [4.78, 5) is 20.1. The largest absolute Gasteiger partial charge is 0.466 e. The third-order valence-corrected chi connectivity index (χ3v) is 4.13. The topological polar surface area (TPSA) is 57.2 Å². The van der Waals surface area contributed by atoms with Gasteiger partial charge in [0.2, 0.25) is 0 Å². The first kappa shape index (κ1) is 22.5. The van der Waals surface area contributed by atoms with E-state index in [1.54, 1.807) is 7.05 Å². The van der Waals surface area contributed by atoms with Crippen LogP contribution in [0, 0.1) is 5.82 Å². The molecule has 0 saturated carbocycles. The molecule has 1 heterocycles. The number of carbonyl (C=O) groups is 1. The molecule has 0 unspecified atom stereocenters. The molecule has 0 atom stereocenters. The summed E-state index contributed by atoms with van der Waals surface area (Å²) in [6, 6.07) is 6.61. The summed E-state index contributed by atoms with van der Waals surface area (Å²) in [5.41, 5.74) is 1.04. The first-order valence-electron chi connectivity index (χ1n) is 8.75. The van der Waals surface area contributed by atoms with Gasteiger partial charge >= 0.3 is 5.97 Å². The van der Waals surface area contributed by atoms with Crippen LogP contribution in [0.1, 0.15) is 19.8 Å². The quantitative estimate of drug-likeness (QED) is 0.224. The van der Waals surface area contributed by atoms with E-state index in [9.17, 15) is 9.18 Å². The molecule has 8 heteroatoms. The summed E-state index contributed by atoms with van der Waals surface area (Å²) in [7, 11) is 1.76. The lowest BCUT2D eigenvalue weighted by molar-refractivity contribution is -0.143. The van der Waals surface area contributed by atoms with E-state index in [0.717, 1.165) is 37.8 Å². The minimum absolute atomic E-state index is 0. The molecule has 0 spiro atoms. The van der Waals surface area contributed by atoms with Crippen molar-refractivity contribution < 1.29 is 13.9 Å². The predicted molar refractivity (Wildman–Crippen MR) is 113 cm³/mol. The summed E-state index contributed by atoms with van der Waals surface area (Å²) < 4.78 is 17.9. The molecule has 6 nitrogen and oxygen atoms in total. The Balaban J connectivity index is 0.00000338. The third-order valence-electron chi connectivity index (χ3n) is 4.13. The van der Waals surface area contributed by atoms with Crippen molar-refractivity contribution in [3.05, 3.63) is 30.1 Å². The maximum Gasteiger partial charge on any atom is 0.305 e. The highest BCUT2D eigenvalue weighted by atomic mass is 127. The van der Waals surface area contributed by atoms with Crippen molar-refractivity contribution in [2.45, 2.75) is 19.8 Å². The second-order valence-electron chi connectivity index (χ2n) is 5.83. The summed E-state index contributed by atoms with van der Waals surface area (Å²) in [5, 5.41) is 3.30. The van der Waals surface area contributed by atoms with E-state index < -0.39 is 0 Å². The van der Waals surface area contributed by atoms with Crippen LogP contribution < -0.4 is 10.2 Å². The van der Waals surface area contributed by atoms with Crippen molar-refractivity contribution in [3.63, 3.8) is 0 Å². The van der Waals surface area contributed by atoms with Gasteiger partial charge in [-0.1, -0.05) is 0 Å². The van der Waals surface area contributed by atoms with Crippen molar-refractivity contribution in [2.75, 3.05) is 51.3 Å². The van der Waals surface area contributed by atoms with Gasteiger partial charge in [0.05, 0.1) is 6.61 Å². The molecule has 1 N–H and O–H groups in total. The number of halogens is 2. The van der Waals surface area contributed by atoms with Crippen LogP contribution in [-0.2, 0) is 9.53 Å². The van der Waals surface area contributed by atoms with Crippen LogP contribution in [0.15, 0.2) is 29.3 Å². The molecule has 0 aromatic heterocycles. The van der Waals surface area contributed by atoms with Crippen LogP contribution in [0.4, 0.5) is 10.1 Å². The maximum absolute atomic E-state index is 13.0. The molecule has 1 fully saturated rings. The number of nitrogens with one attached hydrogen (secondary N) is 1. The highest BCUT2D eigenvalue weighted by Gasteiger charge is 2.19. The Hall–Kier alpha value is -1.58. The maximum atomic E-state index is 13.0. The Morgan fingerprint density at radius 2 is 1.88 bits per heavy atom. The Morgan fingerprint density at radius 1 is 1.23 bits per heavy atom. The van der Waals surface area contributed by atoms with Crippen molar-refractivity contribution >= 4 is 41.6 Å². The highest BCUT2D eigenvalue weighted by Crippen LogP contribution is 2.16. The molecule has 0 radical (unpaired) electrons. The van der Waals surface area contributed by atoms with Crippen LogP contribution in [0.5, 0.6) is 0 Å². The molecular weight excluding hydrogens is 450 g/mol. The number of rotatable bonds is 6. The lowest BCUT2D eigenvalue weighted by atomic mass is 10.2. The van der Waals surface area contributed by atoms with Gasteiger partial charge in [-0.3, -0.25) is 9.79 Å². The first-order chi connectivity index (χ1) is 12.1. The van der Waals surface area contributed by atoms with Gasteiger partial charge in [-0.05, 0) is 37.6 Å². The number of carbonyl (C=O) groups excluding carboxylic acids is 1. The fraction of sp³-hybridized carbons (Fsp3) is 0.556. The number of nitrogens with zero attached hydrogens (tertiary/aromatic N) is 3. The summed E-state index contributed by atoms with van der Waals surface area (Å²) >= 11 is 0. The van der Waals surface area contributed by atoms with Gasteiger partial charge in [0.25, 0.3) is 0 Å². The van der Waals surface area contributed by atoms with Gasteiger partial charge in [0.1, 0.15) is 5.82 Å². The predicted octanol–water partition coefficient (Wildman–Crippen LogP) is 2.48. The SMILES string of the molecule is CCOC(=O)CCCNC(=NC)N1CCN(c2ccc(F)cc2)CC1.I. The van der Waals surface area contributed by atoms with Crippen molar-refractivity contribution in [1.29, 1.82) is 0 Å². The van der Waals surface area contributed by atoms with Gasteiger partial charge in [0.15, 0.2) is 5.96 Å². The van der Waals surface area contributed by atoms with Gasteiger partial charge < -0.3 is 19.9 Å².